The van der Waals surface area contributed by atoms with Crippen molar-refractivity contribution in [3.8, 4) is 11.5 Å². The number of carbonyl (C=O) groups is 4. The molecule has 9 nitrogen and oxygen atoms in total. The molecule has 1 aliphatic carbocycles. The lowest BCUT2D eigenvalue weighted by atomic mass is 9.57. The van der Waals surface area contributed by atoms with Gasteiger partial charge in [-0.25, -0.2) is 0 Å². The topological polar surface area (TPSA) is 105 Å². The van der Waals surface area contributed by atoms with Gasteiger partial charge in [0.1, 0.15) is 11.1 Å². The monoisotopic (exact) mass is 491 g/mol. The lowest BCUT2D eigenvalue weighted by Gasteiger charge is -2.63. The second kappa shape index (κ2) is 5.95. The molecule has 188 valence electrons. The predicted octanol–water partition coefficient (Wildman–Crippen LogP) is 2.14. The van der Waals surface area contributed by atoms with Crippen LogP contribution in [0.15, 0.2) is 24.5 Å². The zero-order valence-electron chi connectivity index (χ0n) is 21.1. The van der Waals surface area contributed by atoms with Crippen LogP contribution < -0.4 is 14.8 Å². The van der Waals surface area contributed by atoms with Crippen LogP contribution in [0.3, 0.4) is 0 Å². The van der Waals surface area contributed by atoms with Crippen LogP contribution in [-0.2, 0) is 24.6 Å². The molecule has 7 aliphatic rings. The molecule has 1 aromatic rings. The molecule has 0 radical (unpaired) electrons. The highest BCUT2D eigenvalue weighted by atomic mass is 16.5. The van der Waals surface area contributed by atoms with Gasteiger partial charge < -0.3 is 24.6 Å². The van der Waals surface area contributed by atoms with Crippen LogP contribution in [0.4, 0.5) is 5.69 Å². The molecule has 0 aromatic heterocycles. The summed E-state index contributed by atoms with van der Waals surface area (Å²) in [5.41, 5.74) is -2.59. The van der Waals surface area contributed by atoms with Crippen LogP contribution in [0, 0.1) is 11.3 Å². The Kier molecular flexibility index (Phi) is 3.62. The molecule has 6 aliphatic heterocycles. The number of Topliss-reactive ketones (excluding diaryl/α,β-unsaturated/α-hetero) is 1. The molecule has 1 aromatic carbocycles. The lowest BCUT2D eigenvalue weighted by molar-refractivity contribution is -0.188. The summed E-state index contributed by atoms with van der Waals surface area (Å²) in [7, 11) is 1.77. The number of ketones is 1. The van der Waals surface area contributed by atoms with Crippen LogP contribution in [-0.4, -0.2) is 63.6 Å². The van der Waals surface area contributed by atoms with Gasteiger partial charge in [0.25, 0.3) is 5.91 Å². The van der Waals surface area contributed by atoms with Crippen molar-refractivity contribution in [3.05, 3.63) is 30.0 Å². The maximum Gasteiger partial charge on any atom is 0.291 e. The Morgan fingerprint density at radius 2 is 1.83 bits per heavy atom. The van der Waals surface area contributed by atoms with E-state index in [2.05, 4.69) is 19.2 Å². The van der Waals surface area contributed by atoms with Crippen molar-refractivity contribution in [1.82, 2.24) is 9.80 Å². The summed E-state index contributed by atoms with van der Waals surface area (Å²) in [5.74, 6) is -0.479. The van der Waals surface area contributed by atoms with E-state index in [0.29, 0.717) is 30.0 Å². The van der Waals surface area contributed by atoms with Gasteiger partial charge in [-0.3, -0.25) is 19.2 Å². The minimum Gasteiger partial charge on any atom is -0.480 e. The zero-order valence-corrected chi connectivity index (χ0v) is 21.1. The minimum absolute atomic E-state index is 0.0887. The summed E-state index contributed by atoms with van der Waals surface area (Å²) in [6.07, 6.45) is 4.06. The minimum atomic E-state index is -1.14. The highest BCUT2D eigenvalue weighted by molar-refractivity contribution is 6.40. The number of hydrogen-bond acceptors (Lipinski definition) is 6. The fourth-order valence-corrected chi connectivity index (χ4v) is 8.42. The predicted molar refractivity (Wildman–Crippen MR) is 127 cm³/mol. The van der Waals surface area contributed by atoms with E-state index in [1.807, 2.05) is 32.1 Å². The van der Waals surface area contributed by atoms with E-state index in [1.165, 1.54) is 4.90 Å². The number of anilines is 1. The van der Waals surface area contributed by atoms with Gasteiger partial charge in [-0.05, 0) is 55.7 Å². The van der Waals surface area contributed by atoms with Crippen molar-refractivity contribution in [2.45, 2.75) is 69.1 Å². The molecule has 5 fully saturated rings. The molecule has 36 heavy (non-hydrogen) atoms. The number of hydrogen-bond donors (Lipinski definition) is 1. The second-order valence-electron chi connectivity index (χ2n) is 12.4. The van der Waals surface area contributed by atoms with Gasteiger partial charge in [-0.1, -0.05) is 19.9 Å². The SMILES string of the molecule is CN1C(=O)[C@@]23CC(=O)C(=O)N2C[C@@]12C[C@@]1(C(=O)Nc4c1ccc1c4OC=CC(C)(C)O1)C(C)(C)[C@@H]2C3. The molecule has 3 spiro atoms. The number of nitrogens with one attached hydrogen (secondary N) is 1. The number of amides is 3. The molecule has 1 saturated carbocycles. The third kappa shape index (κ3) is 2.08. The Bertz CT molecular complexity index is 1360. The molecule has 8 rings (SSSR count). The Hall–Kier alpha value is -3.36. The van der Waals surface area contributed by atoms with E-state index in [-0.39, 0.29) is 30.7 Å². The lowest BCUT2D eigenvalue weighted by Crippen LogP contribution is -2.79. The summed E-state index contributed by atoms with van der Waals surface area (Å²) in [4.78, 5) is 56.3. The van der Waals surface area contributed by atoms with Crippen molar-refractivity contribution in [3.63, 3.8) is 0 Å². The fraction of sp³-hybridized carbons (Fsp3) is 0.556. The first kappa shape index (κ1) is 21.9. The van der Waals surface area contributed by atoms with Crippen molar-refractivity contribution < 1.29 is 28.7 Å². The third-order valence-corrected chi connectivity index (χ3v) is 10.2. The Morgan fingerprint density at radius 1 is 1.08 bits per heavy atom. The third-order valence-electron chi connectivity index (χ3n) is 10.2. The maximum absolute atomic E-state index is 14.1. The highest BCUT2D eigenvalue weighted by Crippen LogP contribution is 2.72. The standard InChI is InChI=1S/C27H29N3O6/c1-23(2)8-9-35-19-16(36-23)7-6-14-18(19)28-21(33)27(14)12-26-13-30-20(32)15(31)10-25(30,22(34)29(26)5)11-17(26)24(27,3)4/h6-9,17H,10-13H2,1-5H3,(H,28,33)/t17-,25-,26+,27+/m0/s1. The van der Waals surface area contributed by atoms with Crippen molar-refractivity contribution in [1.29, 1.82) is 0 Å². The fourth-order valence-electron chi connectivity index (χ4n) is 8.42. The molecule has 6 heterocycles. The number of nitrogens with zero attached hydrogens (tertiary/aromatic N) is 2. The number of piperidine rings is 2. The molecule has 0 unspecified atom stereocenters. The Labute approximate surface area is 208 Å². The zero-order chi connectivity index (χ0) is 25.6. The van der Waals surface area contributed by atoms with Crippen LogP contribution in [0.25, 0.3) is 0 Å². The molecular weight excluding hydrogens is 462 g/mol. The molecule has 4 atom stereocenters. The average molecular weight is 492 g/mol. The second-order valence-corrected chi connectivity index (χ2v) is 12.4. The van der Waals surface area contributed by atoms with E-state index in [1.54, 1.807) is 18.2 Å². The van der Waals surface area contributed by atoms with Crippen molar-refractivity contribution >= 4 is 29.2 Å². The average Bonchev–Trinajstić information content (AvgIpc) is 3.25. The largest absolute Gasteiger partial charge is 0.480 e. The number of carbonyl (C=O) groups excluding carboxylic acids is 4. The van der Waals surface area contributed by atoms with E-state index in [4.69, 9.17) is 9.47 Å². The highest BCUT2D eigenvalue weighted by Gasteiger charge is 2.81. The first-order valence-electron chi connectivity index (χ1n) is 12.5. The molecule has 1 N–H and O–H groups in total. The number of benzene rings is 1. The quantitative estimate of drug-likeness (QED) is 0.558. The van der Waals surface area contributed by atoms with E-state index in [9.17, 15) is 19.2 Å². The smallest absolute Gasteiger partial charge is 0.291 e. The number of rotatable bonds is 0. The van der Waals surface area contributed by atoms with Gasteiger partial charge in [-0.2, -0.15) is 0 Å². The van der Waals surface area contributed by atoms with E-state index in [0.717, 1.165) is 5.56 Å². The van der Waals surface area contributed by atoms with Gasteiger partial charge in [-0.15, -0.1) is 0 Å². The van der Waals surface area contributed by atoms with E-state index < -0.39 is 39.2 Å². The molecular formula is C27H29N3O6. The Morgan fingerprint density at radius 3 is 2.58 bits per heavy atom. The number of fused-ring (bicyclic) bond motifs is 5. The molecule has 3 amide bonds. The van der Waals surface area contributed by atoms with Crippen LogP contribution in [0.1, 0.15) is 52.5 Å². The summed E-state index contributed by atoms with van der Waals surface area (Å²) in [6.45, 7) is 8.30. The maximum atomic E-state index is 14.1. The van der Waals surface area contributed by atoms with Gasteiger partial charge in [0.05, 0.1) is 22.9 Å². The molecule has 9 heteroatoms. The van der Waals surface area contributed by atoms with Gasteiger partial charge >= 0.3 is 0 Å². The van der Waals surface area contributed by atoms with Crippen LogP contribution >= 0.6 is 0 Å². The number of ether oxygens (including phenoxy) is 2. The summed E-state index contributed by atoms with van der Waals surface area (Å²) in [5, 5.41) is 3.11. The number of likely N-dealkylation sites (N-methyl/N-ethyl adjacent to an activating group) is 1. The van der Waals surface area contributed by atoms with E-state index >= 15 is 0 Å². The molecule has 4 saturated heterocycles. The van der Waals surface area contributed by atoms with Crippen LogP contribution in [0.2, 0.25) is 0 Å². The van der Waals surface area contributed by atoms with Crippen LogP contribution in [0.5, 0.6) is 11.5 Å². The summed E-state index contributed by atoms with van der Waals surface area (Å²) in [6, 6.07) is 3.79. The van der Waals surface area contributed by atoms with Gasteiger partial charge in [0, 0.05) is 20.0 Å². The first-order chi connectivity index (χ1) is 16.8. The first-order valence-corrected chi connectivity index (χ1v) is 12.5. The van der Waals surface area contributed by atoms with Crippen molar-refractivity contribution in [2.75, 3.05) is 18.9 Å². The normalized spacial score (nSPS) is 38.3. The molecule has 2 bridgehead atoms. The van der Waals surface area contributed by atoms with Crippen molar-refractivity contribution in [2.24, 2.45) is 11.3 Å². The van der Waals surface area contributed by atoms with Gasteiger partial charge in [0.15, 0.2) is 11.5 Å². The summed E-state index contributed by atoms with van der Waals surface area (Å²) >= 11 is 0. The van der Waals surface area contributed by atoms with Gasteiger partial charge in [0.2, 0.25) is 17.6 Å². The number of piperazine rings is 1. The Balaban J connectivity index is 1.42. The summed E-state index contributed by atoms with van der Waals surface area (Å²) < 4.78 is 12.1.